The second-order valence-corrected chi connectivity index (χ2v) is 21.3. The molecule has 0 radical (unpaired) electrons. The van der Waals surface area contributed by atoms with Crippen molar-refractivity contribution in [2.75, 3.05) is 75.9 Å². The van der Waals surface area contributed by atoms with Gasteiger partial charge in [-0.15, -0.1) is 0 Å². The highest BCUT2D eigenvalue weighted by Gasteiger charge is 2.30. The zero-order chi connectivity index (χ0) is 65.6. The molecule has 0 fully saturated rings. The number of hydrogen-bond donors (Lipinski definition) is 14. The van der Waals surface area contributed by atoms with E-state index in [-0.39, 0.29) is 87.3 Å². The van der Waals surface area contributed by atoms with Crippen LogP contribution in [0.4, 0.5) is 22.7 Å². The van der Waals surface area contributed by atoms with Crippen molar-refractivity contribution in [2.24, 2.45) is 34.6 Å². The second-order valence-electron chi connectivity index (χ2n) is 21.3. The van der Waals surface area contributed by atoms with E-state index < -0.39 is 89.4 Å². The van der Waals surface area contributed by atoms with Gasteiger partial charge in [-0.2, -0.15) is 0 Å². The Kier molecular flexibility index (Phi) is 30.8. The smallest absolute Gasteiger partial charge is 0.326 e. The molecule has 5 atom stereocenters. The first-order valence-corrected chi connectivity index (χ1v) is 29.6. The van der Waals surface area contributed by atoms with Gasteiger partial charge >= 0.3 is 5.97 Å². The van der Waals surface area contributed by atoms with Gasteiger partial charge in [0, 0.05) is 22.7 Å². The van der Waals surface area contributed by atoms with Crippen LogP contribution in [0.25, 0.3) is 0 Å². The number of carboxylic acids is 1. The molecule has 19 N–H and O–H groups in total. The second kappa shape index (κ2) is 37.7. The van der Waals surface area contributed by atoms with Crippen LogP contribution in [0.5, 0.6) is 23.0 Å². The Hall–Kier alpha value is -8.89. The Morgan fingerprint density at radius 2 is 0.663 bits per heavy atom. The number of carboxylic acid groups (broad SMARTS) is 1. The molecule has 0 unspecified atom stereocenters. The average molecular weight is 1240 g/mol. The Bertz CT molecular complexity index is 3050. The number of nitrogens with one attached hydrogen (secondary N) is 8. The van der Waals surface area contributed by atoms with Crippen LogP contribution in [0, 0.1) is 5.92 Å². The molecule has 89 heavy (non-hydrogen) atoms. The summed E-state index contributed by atoms with van der Waals surface area (Å²) in [6.45, 7) is 4.78. The van der Waals surface area contributed by atoms with Gasteiger partial charge in [-0.3, -0.25) is 38.4 Å². The molecule has 0 saturated carbocycles. The lowest BCUT2D eigenvalue weighted by atomic mass is 10.0. The van der Waals surface area contributed by atoms with E-state index in [0.717, 1.165) is 0 Å². The summed E-state index contributed by atoms with van der Waals surface area (Å²) in [5.41, 5.74) is 29.6. The lowest BCUT2D eigenvalue weighted by Crippen LogP contribution is -2.45. The molecule has 27 heteroatoms. The molecule has 4 rings (SSSR count). The van der Waals surface area contributed by atoms with Crippen molar-refractivity contribution in [3.05, 3.63) is 95.1 Å². The zero-order valence-corrected chi connectivity index (χ0v) is 51.6. The van der Waals surface area contributed by atoms with Gasteiger partial charge in [-0.05, 0) is 169 Å². The fourth-order valence-electron chi connectivity index (χ4n) is 9.32. The Morgan fingerprint density at radius 1 is 0.393 bits per heavy atom. The minimum Gasteiger partial charge on any atom is -0.496 e. The van der Waals surface area contributed by atoms with Crippen molar-refractivity contribution >= 4 is 76.0 Å². The van der Waals surface area contributed by atoms with E-state index >= 15 is 0 Å². The predicted octanol–water partition coefficient (Wildman–Crippen LogP) is 3.94. The summed E-state index contributed by atoms with van der Waals surface area (Å²) in [6.07, 6.45) is 5.89. The van der Waals surface area contributed by atoms with E-state index in [2.05, 4.69) is 42.5 Å². The molecule has 0 aliphatic rings. The Balaban J connectivity index is 1.57. The lowest BCUT2D eigenvalue weighted by Gasteiger charge is -2.22. The maximum Gasteiger partial charge on any atom is 0.326 e. The van der Waals surface area contributed by atoms with Crippen molar-refractivity contribution in [3.63, 3.8) is 0 Å². The molecule has 0 aliphatic carbocycles. The minimum absolute atomic E-state index is 0.0244. The van der Waals surface area contributed by atoms with Gasteiger partial charge in [0.2, 0.25) is 23.6 Å². The third-order valence-corrected chi connectivity index (χ3v) is 14.3. The number of amides is 8. The fourth-order valence-corrected chi connectivity index (χ4v) is 9.32. The number of benzene rings is 4. The van der Waals surface area contributed by atoms with Crippen LogP contribution in [0.1, 0.15) is 139 Å². The van der Waals surface area contributed by atoms with Gasteiger partial charge in [-0.25, -0.2) is 4.79 Å². The summed E-state index contributed by atoms with van der Waals surface area (Å²) in [5.74, 6) is -6.58. The van der Waals surface area contributed by atoms with Crippen molar-refractivity contribution in [1.82, 2.24) is 21.3 Å². The lowest BCUT2D eigenvalue weighted by molar-refractivity contribution is -0.140. The predicted molar refractivity (Wildman–Crippen MR) is 338 cm³/mol. The van der Waals surface area contributed by atoms with Crippen molar-refractivity contribution in [3.8, 4) is 23.0 Å². The Morgan fingerprint density at radius 3 is 0.944 bits per heavy atom. The standard InChI is InChI=1S/C62H89N13O14/c1-36(2)53(62(84)85)75-57(79)44-35-40(23-27-52(44)89-6)71-59(81)46(17-8-7-12-28-63)72-55(77)42-33-38(21-25-50(42)87-4)69-61(83)48(19-11-15-31-66)74-56(78)43-34-39(22-26-51(43)88-5)70-60(82)47(18-10-14-30-65)73-54(76)41-32-37(20-24-49(41)86-3)68-58(80)45(67)16-9-13-29-64/h20-27,32-36,45-48,53H,7-19,28-31,63-67H2,1-6H3,(H,68,80)(H,69,83)(H,70,82)(H,71,81)(H,72,77)(H,73,76)(H,74,78)(H,75,79)(H,84,85)/t45-,46-,47-,48-,53-/m0/s1. The van der Waals surface area contributed by atoms with Crippen molar-refractivity contribution in [1.29, 1.82) is 0 Å². The number of hydrogen-bond acceptors (Lipinski definition) is 18. The average Bonchev–Trinajstić information content (AvgIpc) is 3.32. The van der Waals surface area contributed by atoms with Crippen LogP contribution >= 0.6 is 0 Å². The number of carbonyl (C=O) groups is 9. The summed E-state index contributed by atoms with van der Waals surface area (Å²) in [5, 5.41) is 31.6. The van der Waals surface area contributed by atoms with Crippen LogP contribution in [0.2, 0.25) is 0 Å². The third-order valence-electron chi connectivity index (χ3n) is 14.3. The SMILES string of the molecule is COc1ccc(NC(=O)[C@H](CCCCN)NC(=O)c2cc(NC(=O)[C@@H](N)CCCCN)ccc2OC)cc1C(=O)N[C@@H](CCCCN)C(=O)Nc1ccc(OC)c(C(=O)N[C@@H](CCCCCN)C(=O)Nc2ccc(OC)c(C(=O)N[C@H](C(=O)O)C(C)C)c2)c1. The molecule has 0 saturated heterocycles. The van der Waals surface area contributed by atoms with Crippen molar-refractivity contribution in [2.45, 2.75) is 128 Å². The largest absolute Gasteiger partial charge is 0.496 e. The van der Waals surface area contributed by atoms with Crippen LogP contribution in [-0.2, 0) is 24.0 Å². The van der Waals surface area contributed by atoms with Gasteiger partial charge in [0.05, 0.1) is 56.7 Å². The number of anilines is 4. The van der Waals surface area contributed by atoms with Crippen LogP contribution in [-0.4, -0.2) is 143 Å². The fraction of sp³-hybridized carbons (Fsp3) is 0.468. The number of carbonyl (C=O) groups excluding carboxylic acids is 8. The maximum absolute atomic E-state index is 14.3. The van der Waals surface area contributed by atoms with E-state index in [0.29, 0.717) is 90.4 Å². The molecule has 8 amide bonds. The molecular weight excluding hydrogens is 1150 g/mol. The van der Waals surface area contributed by atoms with E-state index in [1.807, 2.05) is 0 Å². The molecular formula is C62H89N13O14. The number of methoxy groups -OCH3 is 4. The number of unbranched alkanes of at least 4 members (excludes halogenated alkanes) is 5. The quantitative estimate of drug-likeness (QED) is 0.0281. The van der Waals surface area contributed by atoms with Gasteiger partial charge in [0.1, 0.15) is 47.2 Å². The van der Waals surface area contributed by atoms with Crippen molar-refractivity contribution < 1.29 is 67.2 Å². The van der Waals surface area contributed by atoms with E-state index in [1.165, 1.54) is 95.2 Å². The summed E-state index contributed by atoms with van der Waals surface area (Å²) >= 11 is 0. The van der Waals surface area contributed by atoms with E-state index in [9.17, 15) is 48.3 Å². The first-order chi connectivity index (χ1) is 42.7. The molecule has 0 aromatic heterocycles. The minimum atomic E-state index is -1.23. The number of rotatable bonds is 39. The third kappa shape index (κ3) is 22.6. The molecule has 0 spiro atoms. The molecule has 27 nitrogen and oxygen atoms in total. The molecule has 0 heterocycles. The van der Waals surface area contributed by atoms with Gasteiger partial charge in [0.25, 0.3) is 23.6 Å². The van der Waals surface area contributed by atoms with Crippen LogP contribution in [0.15, 0.2) is 72.8 Å². The topological polar surface area (TPSA) is 437 Å². The van der Waals surface area contributed by atoms with E-state index in [4.69, 9.17) is 47.6 Å². The number of ether oxygens (including phenoxy) is 4. The maximum atomic E-state index is 14.3. The molecule has 486 valence electrons. The normalized spacial score (nSPS) is 12.6. The molecule has 0 bridgehead atoms. The zero-order valence-electron chi connectivity index (χ0n) is 51.6. The monoisotopic (exact) mass is 1240 g/mol. The van der Waals surface area contributed by atoms with Crippen LogP contribution < -0.4 is 90.2 Å². The summed E-state index contributed by atoms with van der Waals surface area (Å²) in [7, 11) is 5.38. The number of aliphatic carboxylic acids is 1. The molecule has 0 aliphatic heterocycles. The van der Waals surface area contributed by atoms with Crippen LogP contribution in [0.3, 0.4) is 0 Å². The summed E-state index contributed by atoms with van der Waals surface area (Å²) in [6, 6.07) is 11.8. The first kappa shape index (κ1) is 72.6. The summed E-state index contributed by atoms with van der Waals surface area (Å²) < 4.78 is 21.9. The van der Waals surface area contributed by atoms with Gasteiger partial charge in [-0.1, -0.05) is 33.1 Å². The van der Waals surface area contributed by atoms with Gasteiger partial charge < -0.3 is 95.3 Å². The highest BCUT2D eigenvalue weighted by molar-refractivity contribution is 6.08. The highest BCUT2D eigenvalue weighted by atomic mass is 16.5. The highest BCUT2D eigenvalue weighted by Crippen LogP contribution is 2.29. The Labute approximate surface area is 518 Å². The molecule has 4 aromatic rings. The van der Waals surface area contributed by atoms with E-state index in [1.54, 1.807) is 19.9 Å². The first-order valence-electron chi connectivity index (χ1n) is 29.6. The molecule has 4 aromatic carbocycles. The number of nitrogens with two attached hydrogens (primary N) is 5. The summed E-state index contributed by atoms with van der Waals surface area (Å²) in [4.78, 5) is 123. The van der Waals surface area contributed by atoms with Gasteiger partial charge in [0.15, 0.2) is 0 Å².